The Labute approximate surface area is 309 Å². The first kappa shape index (κ1) is 39.8. The first-order valence-electron chi connectivity index (χ1n) is 18.9. The lowest BCUT2D eigenvalue weighted by Gasteiger charge is -2.38. The third kappa shape index (κ3) is 9.61. The van der Waals surface area contributed by atoms with E-state index in [-0.39, 0.29) is 29.4 Å². The molecule has 2 heterocycles. The molecule has 2 unspecified atom stereocenters. The second kappa shape index (κ2) is 17.2. The topological polar surface area (TPSA) is 177 Å². The zero-order valence-corrected chi connectivity index (χ0v) is 31.4. The fourth-order valence-electron chi connectivity index (χ4n) is 8.50. The van der Waals surface area contributed by atoms with Crippen molar-refractivity contribution in [3.8, 4) is 0 Å². The van der Waals surface area contributed by atoms with Crippen LogP contribution in [0.4, 0.5) is 14.0 Å². The van der Waals surface area contributed by atoms with E-state index in [1.54, 1.807) is 63.8 Å². The van der Waals surface area contributed by atoms with Gasteiger partial charge in [0, 0.05) is 16.9 Å². The largest absolute Gasteiger partial charge is 0.511 e. The van der Waals surface area contributed by atoms with E-state index < -0.39 is 73.3 Å². The zero-order chi connectivity index (χ0) is 38.4. The summed E-state index contributed by atoms with van der Waals surface area (Å²) in [5.41, 5.74) is 6.23. The molecule has 3 N–H and O–H groups in total. The van der Waals surface area contributed by atoms with E-state index in [0.29, 0.717) is 48.6 Å². The van der Waals surface area contributed by atoms with Crippen LogP contribution in [0, 0.1) is 23.7 Å². The summed E-state index contributed by atoms with van der Waals surface area (Å²) in [6, 6.07) is 4.59. The molecule has 3 amide bonds. The van der Waals surface area contributed by atoms with Gasteiger partial charge in [0.2, 0.25) is 24.4 Å². The number of hydrogen-bond acceptors (Lipinski definition) is 10. The SMILES string of the molecule is CC(C)OC(=O)OCOC(=O)c1oc2ccccc2c1C1C[C@@H](C2CCCCC2)[C@@H](C(N)=O)N1C(=O)[C@H]1CC[C@H](C(CF)NC(=O)OC(C)(C)C)CC1. The van der Waals surface area contributed by atoms with Crippen molar-refractivity contribution in [1.29, 1.82) is 0 Å². The number of amides is 3. The lowest BCUT2D eigenvalue weighted by molar-refractivity contribution is -0.145. The van der Waals surface area contributed by atoms with Crippen LogP contribution in [0.15, 0.2) is 28.7 Å². The Morgan fingerprint density at radius 2 is 1.66 bits per heavy atom. The number of nitrogens with zero attached hydrogens (tertiary/aromatic N) is 1. The number of nitrogens with one attached hydrogen (secondary N) is 1. The van der Waals surface area contributed by atoms with Crippen LogP contribution in [0.5, 0.6) is 0 Å². The first-order chi connectivity index (χ1) is 25.2. The standard InChI is InChI=1S/C39H54FN3O10/c1-22(2)51-38(48)50-21-49-36(46)33-31(26-13-9-10-14-30(26)52-33)29-19-27(23-11-7-6-8-12-23)32(34(41)44)43(29)35(45)25-17-15-24(16-18-25)28(20-40)42-37(47)53-39(3,4)5/h9-10,13-14,22-25,27-29,32H,6-8,11-12,15-21H2,1-5H3,(H2,41,44)(H,42,47)/t24-,25-,27-,28?,29?,32-/m0/s1. The van der Waals surface area contributed by atoms with Crippen LogP contribution in [-0.4, -0.2) is 72.2 Å². The van der Waals surface area contributed by atoms with Gasteiger partial charge in [-0.25, -0.2) is 18.8 Å². The number of alkyl carbamates (subject to hydrolysis) is 1. The Morgan fingerprint density at radius 3 is 2.28 bits per heavy atom. The van der Waals surface area contributed by atoms with E-state index in [2.05, 4.69) is 5.32 Å². The third-order valence-corrected chi connectivity index (χ3v) is 10.7. The van der Waals surface area contributed by atoms with Crippen LogP contribution in [0.1, 0.15) is 121 Å². The number of furan rings is 1. The maximum absolute atomic E-state index is 14.8. The maximum atomic E-state index is 14.8. The van der Waals surface area contributed by atoms with E-state index in [9.17, 15) is 28.4 Å². The van der Waals surface area contributed by atoms with Gasteiger partial charge in [-0.15, -0.1) is 0 Å². The molecule has 0 spiro atoms. The number of para-hydroxylation sites is 1. The summed E-state index contributed by atoms with van der Waals surface area (Å²) in [6.07, 6.45) is 4.91. The summed E-state index contributed by atoms with van der Waals surface area (Å²) in [4.78, 5) is 67.9. The molecule has 2 aliphatic carbocycles. The molecule has 1 saturated heterocycles. The summed E-state index contributed by atoms with van der Waals surface area (Å²) in [5, 5.41) is 3.24. The van der Waals surface area contributed by atoms with Crippen molar-refractivity contribution in [3.05, 3.63) is 35.6 Å². The lowest BCUT2D eigenvalue weighted by Crippen LogP contribution is -2.51. The smallest absolute Gasteiger partial charge is 0.449 e. The Morgan fingerprint density at radius 1 is 0.981 bits per heavy atom. The second-order valence-corrected chi connectivity index (χ2v) is 15.9. The quantitative estimate of drug-likeness (QED) is 0.137. The van der Waals surface area contributed by atoms with Gasteiger partial charge in [0.25, 0.3) is 0 Å². The monoisotopic (exact) mass is 743 g/mol. The lowest BCUT2D eigenvalue weighted by atomic mass is 9.75. The van der Waals surface area contributed by atoms with Crippen molar-refractivity contribution in [2.24, 2.45) is 29.4 Å². The highest BCUT2D eigenvalue weighted by molar-refractivity contribution is 5.98. The van der Waals surface area contributed by atoms with Crippen molar-refractivity contribution in [2.45, 2.75) is 129 Å². The predicted octanol–water partition coefficient (Wildman–Crippen LogP) is 7.10. The number of hydrogen-bond donors (Lipinski definition) is 2. The van der Waals surface area contributed by atoms with Gasteiger partial charge in [-0.1, -0.05) is 50.3 Å². The molecule has 3 fully saturated rings. The number of carbonyl (C=O) groups is 5. The van der Waals surface area contributed by atoms with E-state index in [4.69, 9.17) is 29.1 Å². The van der Waals surface area contributed by atoms with Crippen molar-refractivity contribution in [2.75, 3.05) is 13.5 Å². The summed E-state index contributed by atoms with van der Waals surface area (Å²) in [7, 11) is 0. The highest BCUT2D eigenvalue weighted by atomic mass is 19.1. The minimum Gasteiger partial charge on any atom is -0.449 e. The second-order valence-electron chi connectivity index (χ2n) is 15.9. The molecule has 1 aliphatic heterocycles. The van der Waals surface area contributed by atoms with Gasteiger partial charge in [-0.2, -0.15) is 0 Å². The number of nitrogens with two attached hydrogens (primary N) is 1. The number of fused-ring (bicyclic) bond motifs is 1. The molecule has 1 aromatic carbocycles. The van der Waals surface area contributed by atoms with Gasteiger partial charge in [0.15, 0.2) is 0 Å². The Hall–Kier alpha value is -4.36. The highest BCUT2D eigenvalue weighted by Gasteiger charge is 2.53. The Balaban J connectivity index is 1.44. The van der Waals surface area contributed by atoms with Crippen LogP contribution in [0.3, 0.4) is 0 Å². The van der Waals surface area contributed by atoms with E-state index >= 15 is 0 Å². The Bertz CT molecular complexity index is 1620. The van der Waals surface area contributed by atoms with Crippen molar-refractivity contribution in [3.63, 3.8) is 0 Å². The summed E-state index contributed by atoms with van der Waals surface area (Å²) >= 11 is 0. The number of primary amides is 1. The number of carbonyl (C=O) groups excluding carboxylic acids is 5. The molecule has 0 radical (unpaired) electrons. The molecular formula is C39H54FN3O10. The molecule has 292 valence electrons. The molecule has 53 heavy (non-hydrogen) atoms. The van der Waals surface area contributed by atoms with E-state index in [0.717, 1.165) is 32.1 Å². The molecule has 2 aromatic rings. The van der Waals surface area contributed by atoms with Gasteiger partial charge in [-0.05, 0) is 90.5 Å². The van der Waals surface area contributed by atoms with Crippen LogP contribution in [0.2, 0.25) is 0 Å². The molecule has 0 bridgehead atoms. The fraction of sp³-hybridized carbons (Fsp3) is 0.667. The summed E-state index contributed by atoms with van der Waals surface area (Å²) < 4.78 is 40.8. The normalized spacial score (nSPS) is 24.4. The molecule has 14 heteroatoms. The van der Waals surface area contributed by atoms with Gasteiger partial charge in [0.1, 0.15) is 23.9 Å². The van der Waals surface area contributed by atoms with Crippen LogP contribution in [-0.2, 0) is 28.5 Å². The van der Waals surface area contributed by atoms with Crippen molar-refractivity contribution in [1.82, 2.24) is 10.2 Å². The first-order valence-corrected chi connectivity index (χ1v) is 18.9. The van der Waals surface area contributed by atoms with Crippen LogP contribution in [0.25, 0.3) is 11.0 Å². The number of likely N-dealkylation sites (tertiary alicyclic amines) is 1. The van der Waals surface area contributed by atoms with Crippen molar-refractivity contribution < 1.29 is 51.7 Å². The maximum Gasteiger partial charge on any atom is 0.511 e. The minimum atomic E-state index is -1.00. The molecule has 5 rings (SSSR count). The van der Waals surface area contributed by atoms with Crippen LogP contribution < -0.4 is 11.1 Å². The average molecular weight is 744 g/mol. The van der Waals surface area contributed by atoms with Gasteiger partial charge >= 0.3 is 18.2 Å². The van der Waals surface area contributed by atoms with Gasteiger partial charge in [0.05, 0.1) is 18.2 Å². The number of rotatable bonds is 11. The number of alkyl halides is 1. The molecule has 1 aromatic heterocycles. The zero-order valence-electron chi connectivity index (χ0n) is 31.4. The predicted molar refractivity (Wildman–Crippen MR) is 191 cm³/mol. The van der Waals surface area contributed by atoms with Crippen molar-refractivity contribution >= 4 is 41.0 Å². The minimum absolute atomic E-state index is 0.149. The number of ether oxygens (including phenoxy) is 4. The molecular weight excluding hydrogens is 689 g/mol. The molecule has 4 atom stereocenters. The summed E-state index contributed by atoms with van der Waals surface area (Å²) in [6.45, 7) is 7.00. The Kier molecular flexibility index (Phi) is 12.9. The highest BCUT2D eigenvalue weighted by Crippen LogP contribution is 2.51. The number of esters is 1. The fourth-order valence-corrected chi connectivity index (χ4v) is 8.50. The van der Waals surface area contributed by atoms with Gasteiger partial charge in [-0.3, -0.25) is 9.59 Å². The molecule has 3 aliphatic rings. The summed E-state index contributed by atoms with van der Waals surface area (Å²) in [5.74, 6) is -2.77. The average Bonchev–Trinajstić information content (AvgIpc) is 3.69. The molecule has 2 saturated carbocycles. The van der Waals surface area contributed by atoms with E-state index in [1.165, 1.54) is 0 Å². The van der Waals surface area contributed by atoms with Gasteiger partial charge < -0.3 is 39.3 Å². The van der Waals surface area contributed by atoms with Crippen LogP contribution >= 0.6 is 0 Å². The number of halogens is 1. The van der Waals surface area contributed by atoms with E-state index in [1.807, 2.05) is 0 Å². The molecule has 13 nitrogen and oxygen atoms in total. The number of benzene rings is 1. The third-order valence-electron chi connectivity index (χ3n) is 10.7.